The van der Waals surface area contributed by atoms with Gasteiger partial charge in [-0.3, -0.25) is 4.79 Å². The first-order chi connectivity index (χ1) is 18.3. The maximum absolute atomic E-state index is 13.4. The van der Waals surface area contributed by atoms with Crippen LogP contribution in [0.3, 0.4) is 0 Å². The standard InChI is InChI=1S/C30H26ClN3O3S/c1-17-12-23(29-24(13-17)27(35)18(2)28(37-29)22-14-32-20(4)33-15-22)19(3)36-25-10-11-26(31)34-30(25)38-16-21-8-6-5-7-9-21/h5-15,19H,16H2,1-4H3/t19-/m1/s1. The minimum atomic E-state index is -0.440. The van der Waals surface area contributed by atoms with Crippen LogP contribution in [0, 0.1) is 20.8 Å². The van der Waals surface area contributed by atoms with Crippen molar-refractivity contribution in [2.75, 3.05) is 0 Å². The minimum Gasteiger partial charge on any atom is -0.483 e. The predicted octanol–water partition coefficient (Wildman–Crippen LogP) is 7.66. The number of rotatable bonds is 7. The van der Waals surface area contributed by atoms with Crippen LogP contribution in [0.25, 0.3) is 22.3 Å². The second-order valence-corrected chi connectivity index (χ2v) is 10.5. The van der Waals surface area contributed by atoms with E-state index in [1.165, 1.54) is 5.56 Å². The van der Waals surface area contributed by atoms with E-state index < -0.39 is 6.10 Å². The van der Waals surface area contributed by atoms with Crippen molar-refractivity contribution in [3.8, 4) is 17.1 Å². The molecule has 0 aliphatic rings. The summed E-state index contributed by atoms with van der Waals surface area (Å²) in [5.41, 5.74) is 4.42. The van der Waals surface area contributed by atoms with Gasteiger partial charge >= 0.3 is 0 Å². The number of thioether (sulfide) groups is 1. The van der Waals surface area contributed by atoms with Crippen molar-refractivity contribution in [1.29, 1.82) is 0 Å². The van der Waals surface area contributed by atoms with E-state index >= 15 is 0 Å². The molecule has 0 bridgehead atoms. The van der Waals surface area contributed by atoms with Crippen LogP contribution in [-0.2, 0) is 5.75 Å². The molecule has 5 aromatic rings. The summed E-state index contributed by atoms with van der Waals surface area (Å²) >= 11 is 7.78. The van der Waals surface area contributed by atoms with Gasteiger partial charge in [-0.2, -0.15) is 0 Å². The van der Waals surface area contributed by atoms with E-state index in [9.17, 15) is 4.79 Å². The molecule has 3 aromatic heterocycles. The highest BCUT2D eigenvalue weighted by Crippen LogP contribution is 2.36. The molecule has 0 radical (unpaired) electrons. The Balaban J connectivity index is 1.54. The molecule has 38 heavy (non-hydrogen) atoms. The van der Waals surface area contributed by atoms with Gasteiger partial charge in [-0.25, -0.2) is 15.0 Å². The molecule has 3 heterocycles. The van der Waals surface area contributed by atoms with E-state index in [1.54, 1.807) is 37.1 Å². The smallest absolute Gasteiger partial charge is 0.196 e. The third-order valence-electron chi connectivity index (χ3n) is 6.19. The fourth-order valence-corrected chi connectivity index (χ4v) is 5.35. The molecule has 0 fully saturated rings. The van der Waals surface area contributed by atoms with Gasteiger partial charge < -0.3 is 9.15 Å². The zero-order chi connectivity index (χ0) is 26.8. The summed E-state index contributed by atoms with van der Waals surface area (Å²) in [6.07, 6.45) is 2.90. The minimum absolute atomic E-state index is 0.0914. The number of aromatic nitrogens is 3. The van der Waals surface area contributed by atoms with Gasteiger partial charge in [0.05, 0.1) is 10.9 Å². The van der Waals surface area contributed by atoms with Crippen LogP contribution < -0.4 is 10.2 Å². The molecule has 5 rings (SSSR count). The predicted molar refractivity (Wildman–Crippen MR) is 152 cm³/mol. The van der Waals surface area contributed by atoms with Gasteiger partial charge in [0.1, 0.15) is 33.5 Å². The third kappa shape index (κ3) is 5.44. The Morgan fingerprint density at radius 2 is 1.76 bits per heavy atom. The Hall–Kier alpha value is -3.68. The quantitative estimate of drug-likeness (QED) is 0.154. The Labute approximate surface area is 230 Å². The average Bonchev–Trinajstić information content (AvgIpc) is 2.92. The highest BCUT2D eigenvalue weighted by Gasteiger charge is 2.21. The highest BCUT2D eigenvalue weighted by molar-refractivity contribution is 7.98. The van der Waals surface area contributed by atoms with E-state index in [0.29, 0.717) is 49.6 Å². The Morgan fingerprint density at radius 1 is 1.03 bits per heavy atom. The van der Waals surface area contributed by atoms with Crippen LogP contribution >= 0.6 is 23.4 Å². The first-order valence-electron chi connectivity index (χ1n) is 12.2. The summed E-state index contributed by atoms with van der Waals surface area (Å²) in [5.74, 6) is 2.43. The number of nitrogens with zero attached hydrogens (tertiary/aromatic N) is 3. The maximum Gasteiger partial charge on any atom is 0.196 e. The van der Waals surface area contributed by atoms with Crippen molar-refractivity contribution >= 4 is 34.3 Å². The molecule has 8 heteroatoms. The van der Waals surface area contributed by atoms with E-state index in [1.807, 2.05) is 57.2 Å². The van der Waals surface area contributed by atoms with E-state index in [-0.39, 0.29) is 5.43 Å². The van der Waals surface area contributed by atoms with Crippen molar-refractivity contribution in [2.24, 2.45) is 0 Å². The first kappa shape index (κ1) is 25.9. The zero-order valence-corrected chi connectivity index (χ0v) is 23.1. The number of hydrogen-bond donors (Lipinski definition) is 0. The molecule has 1 atom stereocenters. The van der Waals surface area contributed by atoms with Crippen LogP contribution in [-0.4, -0.2) is 15.0 Å². The Morgan fingerprint density at radius 3 is 2.50 bits per heavy atom. The van der Waals surface area contributed by atoms with Crippen LogP contribution in [0.2, 0.25) is 5.15 Å². The lowest BCUT2D eigenvalue weighted by Crippen LogP contribution is -2.12. The van der Waals surface area contributed by atoms with Gasteiger partial charge in [-0.05, 0) is 63.1 Å². The van der Waals surface area contributed by atoms with Crippen molar-refractivity contribution in [3.05, 3.63) is 110 Å². The molecule has 0 amide bonds. The molecular weight excluding hydrogens is 518 g/mol. The summed E-state index contributed by atoms with van der Waals surface area (Å²) in [5, 5.41) is 1.60. The molecule has 0 unspecified atom stereocenters. The third-order valence-corrected chi connectivity index (χ3v) is 7.44. The summed E-state index contributed by atoms with van der Waals surface area (Å²) in [4.78, 5) is 26.5. The van der Waals surface area contributed by atoms with Crippen molar-refractivity contribution in [2.45, 2.75) is 44.6 Å². The fraction of sp³-hybridized carbons (Fsp3) is 0.200. The molecule has 6 nitrogen and oxygen atoms in total. The normalized spacial score (nSPS) is 12.0. The molecule has 0 spiro atoms. The summed E-state index contributed by atoms with van der Waals surface area (Å²) in [7, 11) is 0. The molecule has 0 saturated heterocycles. The van der Waals surface area contributed by atoms with E-state index in [2.05, 4.69) is 27.1 Å². The molecular formula is C30H26ClN3O3S. The second-order valence-electron chi connectivity index (χ2n) is 9.11. The van der Waals surface area contributed by atoms with Gasteiger partial charge in [0, 0.05) is 29.3 Å². The molecule has 0 N–H and O–H groups in total. The fourth-order valence-electron chi connectivity index (χ4n) is 4.23. The van der Waals surface area contributed by atoms with Crippen LogP contribution in [0.1, 0.15) is 41.1 Å². The molecule has 2 aromatic carbocycles. The summed E-state index contributed by atoms with van der Waals surface area (Å²) in [6.45, 7) is 7.46. The topological polar surface area (TPSA) is 78.1 Å². The summed E-state index contributed by atoms with van der Waals surface area (Å²) in [6, 6.07) is 17.5. The van der Waals surface area contributed by atoms with Gasteiger partial charge in [0.15, 0.2) is 11.2 Å². The first-order valence-corrected chi connectivity index (χ1v) is 13.5. The number of halogens is 1. The van der Waals surface area contributed by atoms with Crippen LogP contribution in [0.5, 0.6) is 5.75 Å². The Kier molecular flexibility index (Phi) is 7.49. The number of pyridine rings is 1. The van der Waals surface area contributed by atoms with Crippen LogP contribution in [0.15, 0.2) is 81.2 Å². The van der Waals surface area contributed by atoms with Gasteiger partial charge in [-0.1, -0.05) is 53.7 Å². The molecule has 0 saturated carbocycles. The van der Waals surface area contributed by atoms with Crippen molar-refractivity contribution < 1.29 is 9.15 Å². The zero-order valence-electron chi connectivity index (χ0n) is 21.5. The Bertz CT molecular complexity index is 1670. The summed E-state index contributed by atoms with van der Waals surface area (Å²) < 4.78 is 12.8. The number of aryl methyl sites for hydroxylation is 2. The van der Waals surface area contributed by atoms with E-state index in [4.69, 9.17) is 20.8 Å². The lowest BCUT2D eigenvalue weighted by Gasteiger charge is -2.19. The lowest BCUT2D eigenvalue weighted by molar-refractivity contribution is 0.219. The average molecular weight is 544 g/mol. The van der Waals surface area contributed by atoms with E-state index in [0.717, 1.165) is 16.9 Å². The van der Waals surface area contributed by atoms with Gasteiger partial charge in [-0.15, -0.1) is 0 Å². The number of benzene rings is 2. The van der Waals surface area contributed by atoms with Gasteiger partial charge in [0.25, 0.3) is 0 Å². The second kappa shape index (κ2) is 11.0. The molecule has 0 aliphatic heterocycles. The lowest BCUT2D eigenvalue weighted by atomic mass is 10.0. The SMILES string of the molecule is Cc1cc([C@@H](C)Oc2ccc(Cl)nc2SCc2ccccc2)c2oc(-c3cnc(C)nc3)c(C)c(=O)c2c1. The highest BCUT2D eigenvalue weighted by atomic mass is 35.5. The van der Waals surface area contributed by atoms with Crippen LogP contribution in [0.4, 0.5) is 0 Å². The number of ether oxygens (including phenoxy) is 1. The molecule has 192 valence electrons. The number of hydrogen-bond acceptors (Lipinski definition) is 7. The largest absolute Gasteiger partial charge is 0.483 e. The maximum atomic E-state index is 13.4. The van der Waals surface area contributed by atoms with Crippen molar-refractivity contribution in [1.82, 2.24) is 15.0 Å². The molecule has 0 aliphatic carbocycles. The monoisotopic (exact) mass is 543 g/mol. The number of fused-ring (bicyclic) bond motifs is 1. The van der Waals surface area contributed by atoms with Gasteiger partial charge in [0.2, 0.25) is 0 Å². The van der Waals surface area contributed by atoms with Crippen molar-refractivity contribution in [3.63, 3.8) is 0 Å².